The highest BCUT2D eigenvalue weighted by Gasteiger charge is 2.16. The topological polar surface area (TPSA) is 97.3 Å². The monoisotopic (exact) mass is 289 g/mol. The molecule has 110 valence electrons. The average molecular weight is 289 g/mol. The fourth-order valence-electron chi connectivity index (χ4n) is 2.26. The van der Waals surface area contributed by atoms with Crippen LogP contribution in [0.1, 0.15) is 5.89 Å². The van der Waals surface area contributed by atoms with Gasteiger partial charge in [0.1, 0.15) is 0 Å². The van der Waals surface area contributed by atoms with Crippen LogP contribution in [0.4, 0.5) is 5.69 Å². The zero-order valence-corrected chi connectivity index (χ0v) is 11.4. The predicted molar refractivity (Wildman–Crippen MR) is 74.5 cm³/mol. The van der Waals surface area contributed by atoms with Crippen LogP contribution < -0.4 is 5.32 Å². The highest BCUT2D eigenvalue weighted by Crippen LogP contribution is 2.21. The first kappa shape index (κ1) is 13.7. The van der Waals surface area contributed by atoms with Gasteiger partial charge in [-0.05, 0) is 0 Å². The van der Waals surface area contributed by atoms with Crippen LogP contribution in [0.5, 0.6) is 0 Å². The zero-order chi connectivity index (χ0) is 14.7. The van der Waals surface area contributed by atoms with Gasteiger partial charge in [0.15, 0.2) is 0 Å². The molecule has 0 saturated carbocycles. The second-order valence-corrected chi connectivity index (χ2v) is 4.85. The number of piperazine rings is 1. The number of nitrogens with zero attached hydrogens (tertiary/aromatic N) is 4. The molecule has 1 fully saturated rings. The van der Waals surface area contributed by atoms with Gasteiger partial charge in [-0.3, -0.25) is 15.0 Å². The van der Waals surface area contributed by atoms with E-state index in [2.05, 4.69) is 20.4 Å². The minimum Gasteiger partial charge on any atom is -0.338 e. The van der Waals surface area contributed by atoms with E-state index >= 15 is 0 Å². The van der Waals surface area contributed by atoms with Crippen molar-refractivity contribution < 1.29 is 9.45 Å². The molecule has 2 aromatic rings. The summed E-state index contributed by atoms with van der Waals surface area (Å²) < 4.78 is 5.23. The Kier molecular flexibility index (Phi) is 3.89. The van der Waals surface area contributed by atoms with E-state index in [4.69, 9.17) is 4.52 Å². The van der Waals surface area contributed by atoms with E-state index < -0.39 is 4.92 Å². The number of nitrogens with one attached hydrogen (secondary N) is 1. The zero-order valence-electron chi connectivity index (χ0n) is 11.4. The molecule has 21 heavy (non-hydrogen) atoms. The number of benzene rings is 1. The summed E-state index contributed by atoms with van der Waals surface area (Å²) in [5.41, 5.74) is 0.598. The summed E-state index contributed by atoms with van der Waals surface area (Å²) in [7, 11) is 0. The van der Waals surface area contributed by atoms with Crippen molar-refractivity contribution in [2.24, 2.45) is 0 Å². The molecule has 2 heterocycles. The molecule has 1 aromatic carbocycles. The van der Waals surface area contributed by atoms with Gasteiger partial charge in [-0.15, -0.1) is 0 Å². The first-order chi connectivity index (χ1) is 10.2. The van der Waals surface area contributed by atoms with Crippen molar-refractivity contribution in [1.82, 2.24) is 20.4 Å². The van der Waals surface area contributed by atoms with Crippen LogP contribution in [0.15, 0.2) is 28.8 Å². The average Bonchev–Trinajstić information content (AvgIpc) is 2.97. The number of rotatable bonds is 4. The molecule has 1 aliphatic heterocycles. The van der Waals surface area contributed by atoms with E-state index in [0.717, 1.165) is 26.2 Å². The van der Waals surface area contributed by atoms with E-state index in [1.54, 1.807) is 12.1 Å². The molecule has 0 amide bonds. The Bertz CT molecular complexity index is 636. The van der Waals surface area contributed by atoms with Crippen molar-refractivity contribution in [3.05, 3.63) is 40.3 Å². The highest BCUT2D eigenvalue weighted by molar-refractivity contribution is 5.58. The summed E-state index contributed by atoms with van der Waals surface area (Å²) in [5, 5.41) is 18.0. The molecule has 8 nitrogen and oxygen atoms in total. The van der Waals surface area contributed by atoms with Crippen molar-refractivity contribution in [2.45, 2.75) is 6.54 Å². The molecule has 8 heteroatoms. The Labute approximate surface area is 120 Å². The summed E-state index contributed by atoms with van der Waals surface area (Å²) >= 11 is 0. The first-order valence-corrected chi connectivity index (χ1v) is 6.73. The molecule has 3 rings (SSSR count). The molecule has 1 aliphatic rings. The van der Waals surface area contributed by atoms with Crippen LogP contribution in [-0.2, 0) is 6.54 Å². The van der Waals surface area contributed by atoms with E-state index in [1.165, 1.54) is 12.1 Å². The Morgan fingerprint density at radius 1 is 1.38 bits per heavy atom. The van der Waals surface area contributed by atoms with Crippen molar-refractivity contribution >= 4 is 5.69 Å². The van der Waals surface area contributed by atoms with Gasteiger partial charge in [0.2, 0.25) is 11.7 Å². The number of nitro groups is 1. The summed E-state index contributed by atoms with van der Waals surface area (Å²) in [6, 6.07) is 6.22. The van der Waals surface area contributed by atoms with Crippen LogP contribution in [0.3, 0.4) is 0 Å². The molecule has 0 unspecified atom stereocenters. The van der Waals surface area contributed by atoms with Crippen molar-refractivity contribution in [1.29, 1.82) is 0 Å². The van der Waals surface area contributed by atoms with Crippen LogP contribution in [-0.4, -0.2) is 46.1 Å². The third kappa shape index (κ3) is 3.23. The summed E-state index contributed by atoms with van der Waals surface area (Å²) in [5.74, 6) is 0.905. The molecule has 0 spiro atoms. The lowest BCUT2D eigenvalue weighted by molar-refractivity contribution is -0.384. The molecular weight excluding hydrogens is 274 g/mol. The second-order valence-electron chi connectivity index (χ2n) is 4.85. The van der Waals surface area contributed by atoms with E-state index in [1.807, 2.05) is 0 Å². The van der Waals surface area contributed by atoms with Crippen LogP contribution >= 0.6 is 0 Å². The summed E-state index contributed by atoms with van der Waals surface area (Å²) in [6.07, 6.45) is 0. The van der Waals surface area contributed by atoms with Gasteiger partial charge in [-0.1, -0.05) is 17.3 Å². The lowest BCUT2D eigenvalue weighted by Crippen LogP contribution is -2.42. The van der Waals surface area contributed by atoms with Gasteiger partial charge >= 0.3 is 0 Å². The van der Waals surface area contributed by atoms with Crippen LogP contribution in [0, 0.1) is 10.1 Å². The maximum Gasteiger partial charge on any atom is 0.270 e. The summed E-state index contributed by atoms with van der Waals surface area (Å²) in [4.78, 5) is 16.9. The predicted octanol–water partition coefficient (Wildman–Crippen LogP) is 1.05. The molecule has 0 aliphatic carbocycles. The Hall–Kier alpha value is -2.32. The maximum absolute atomic E-state index is 10.8. The Balaban J connectivity index is 1.75. The third-order valence-corrected chi connectivity index (χ3v) is 3.35. The largest absolute Gasteiger partial charge is 0.338 e. The molecule has 1 saturated heterocycles. The molecule has 1 N–H and O–H groups in total. The fraction of sp³-hybridized carbons (Fsp3) is 0.385. The minimum absolute atomic E-state index is 0.0148. The number of hydrogen-bond acceptors (Lipinski definition) is 7. The maximum atomic E-state index is 10.8. The Morgan fingerprint density at radius 2 is 2.19 bits per heavy atom. The number of hydrogen-bond donors (Lipinski definition) is 1. The third-order valence-electron chi connectivity index (χ3n) is 3.35. The van der Waals surface area contributed by atoms with Crippen LogP contribution in [0.2, 0.25) is 0 Å². The van der Waals surface area contributed by atoms with Gasteiger partial charge in [0.05, 0.1) is 11.5 Å². The van der Waals surface area contributed by atoms with E-state index in [0.29, 0.717) is 23.8 Å². The number of nitro benzene ring substituents is 1. The molecule has 0 radical (unpaired) electrons. The van der Waals surface area contributed by atoms with Gasteiger partial charge in [0, 0.05) is 43.9 Å². The standard InChI is InChI=1S/C13H15N5O3/c19-18(20)11-3-1-2-10(8-11)13-15-12(21-16-13)9-17-6-4-14-5-7-17/h1-3,8,14H,4-7,9H2. The van der Waals surface area contributed by atoms with E-state index in [-0.39, 0.29) is 5.69 Å². The summed E-state index contributed by atoms with van der Waals surface area (Å²) in [6.45, 7) is 4.38. The quantitative estimate of drug-likeness (QED) is 0.663. The van der Waals surface area contributed by atoms with Gasteiger partial charge in [-0.25, -0.2) is 0 Å². The molecule has 0 bridgehead atoms. The van der Waals surface area contributed by atoms with Crippen molar-refractivity contribution in [3.8, 4) is 11.4 Å². The highest BCUT2D eigenvalue weighted by atomic mass is 16.6. The fourth-order valence-corrected chi connectivity index (χ4v) is 2.26. The second kappa shape index (κ2) is 5.98. The lowest BCUT2D eigenvalue weighted by Gasteiger charge is -2.25. The molecular formula is C13H15N5O3. The minimum atomic E-state index is -0.439. The molecule has 1 aromatic heterocycles. The number of non-ortho nitro benzene ring substituents is 1. The van der Waals surface area contributed by atoms with E-state index in [9.17, 15) is 10.1 Å². The Morgan fingerprint density at radius 3 is 2.95 bits per heavy atom. The first-order valence-electron chi connectivity index (χ1n) is 6.73. The smallest absolute Gasteiger partial charge is 0.270 e. The van der Waals surface area contributed by atoms with Crippen molar-refractivity contribution in [3.63, 3.8) is 0 Å². The van der Waals surface area contributed by atoms with Gasteiger partial charge in [-0.2, -0.15) is 4.98 Å². The number of aromatic nitrogens is 2. The van der Waals surface area contributed by atoms with Crippen LogP contribution in [0.25, 0.3) is 11.4 Å². The van der Waals surface area contributed by atoms with Gasteiger partial charge in [0.25, 0.3) is 5.69 Å². The van der Waals surface area contributed by atoms with Crippen molar-refractivity contribution in [2.75, 3.05) is 26.2 Å². The lowest BCUT2D eigenvalue weighted by atomic mass is 10.2. The normalized spacial score (nSPS) is 16.0. The SMILES string of the molecule is O=[N+]([O-])c1cccc(-c2noc(CN3CCNCC3)n2)c1. The molecule has 0 atom stereocenters. The van der Waals surface area contributed by atoms with Gasteiger partial charge < -0.3 is 9.84 Å².